The van der Waals surface area contributed by atoms with Gasteiger partial charge < -0.3 is 14.2 Å². The molecule has 0 atom stereocenters. The van der Waals surface area contributed by atoms with Crippen molar-refractivity contribution in [2.75, 3.05) is 13.2 Å². The molecule has 0 fully saturated rings. The third-order valence-corrected chi connectivity index (χ3v) is 5.29. The summed E-state index contributed by atoms with van der Waals surface area (Å²) in [5, 5.41) is 3.97. The molecule has 0 saturated heterocycles. The zero-order valence-corrected chi connectivity index (χ0v) is 21.1. The minimum Gasteiger partial charge on any atom is -0.494 e. The van der Waals surface area contributed by atoms with Gasteiger partial charge in [-0.25, -0.2) is 10.2 Å². The lowest BCUT2D eigenvalue weighted by atomic mass is 10.0. The summed E-state index contributed by atoms with van der Waals surface area (Å²) in [6, 6.07) is 19.6. The Kier molecular flexibility index (Phi) is 9.63. The number of benzene rings is 3. The number of aryl methyl sites for hydroxylation is 1. The lowest BCUT2D eigenvalue weighted by Crippen LogP contribution is -2.24. The topological polar surface area (TPSA) is 86.2 Å². The minimum absolute atomic E-state index is 0.139. The Morgan fingerprint density at radius 3 is 2.31 bits per heavy atom. The lowest BCUT2D eigenvalue weighted by molar-refractivity contribution is -0.123. The summed E-state index contributed by atoms with van der Waals surface area (Å²) in [6.07, 6.45) is 2.42. The van der Waals surface area contributed by atoms with Crippen LogP contribution >= 0.6 is 0 Å². The molecular weight excluding hydrogens is 456 g/mol. The zero-order chi connectivity index (χ0) is 25.9. The van der Waals surface area contributed by atoms with E-state index in [0.29, 0.717) is 35.3 Å². The van der Waals surface area contributed by atoms with E-state index < -0.39 is 5.97 Å². The summed E-state index contributed by atoms with van der Waals surface area (Å²) in [4.78, 5) is 24.5. The predicted molar refractivity (Wildman–Crippen MR) is 140 cm³/mol. The van der Waals surface area contributed by atoms with Crippen LogP contribution in [0.15, 0.2) is 71.8 Å². The van der Waals surface area contributed by atoms with Crippen molar-refractivity contribution in [1.82, 2.24) is 5.43 Å². The number of carbonyl (C=O) groups is 2. The Balaban J connectivity index is 1.46. The van der Waals surface area contributed by atoms with Crippen LogP contribution in [0, 0.1) is 6.92 Å². The van der Waals surface area contributed by atoms with Gasteiger partial charge in [-0.05, 0) is 90.6 Å². The Morgan fingerprint density at radius 1 is 0.944 bits per heavy atom. The monoisotopic (exact) mass is 488 g/mol. The van der Waals surface area contributed by atoms with Gasteiger partial charge >= 0.3 is 5.97 Å². The van der Waals surface area contributed by atoms with Crippen molar-refractivity contribution in [2.24, 2.45) is 5.10 Å². The highest BCUT2D eigenvalue weighted by Gasteiger charge is 2.09. The predicted octanol–water partition coefficient (Wildman–Crippen LogP) is 5.66. The standard InChI is InChI=1S/C29H32N2O5/c1-5-16-34-25-14-10-23(11-15-25)29(33)36-26-12-7-22(8-13-26)18-30-31-28(32)19-35-27-17-24(20(2)3)9-6-21(27)4/h6-15,17-18,20H,5,16,19H2,1-4H3,(H,31,32)/b30-18+. The number of nitrogens with zero attached hydrogens (tertiary/aromatic N) is 1. The fourth-order valence-corrected chi connectivity index (χ4v) is 3.18. The van der Waals surface area contributed by atoms with Gasteiger partial charge in [0.15, 0.2) is 6.61 Å². The first-order valence-corrected chi connectivity index (χ1v) is 12.0. The Hall–Kier alpha value is -4.13. The number of hydrogen-bond donors (Lipinski definition) is 1. The Bertz CT molecular complexity index is 1190. The van der Waals surface area contributed by atoms with Gasteiger partial charge in [-0.15, -0.1) is 0 Å². The first-order valence-electron chi connectivity index (χ1n) is 12.0. The molecule has 0 aliphatic rings. The normalized spacial score (nSPS) is 10.9. The maximum absolute atomic E-state index is 12.4. The van der Waals surface area contributed by atoms with Gasteiger partial charge in [-0.3, -0.25) is 4.79 Å². The van der Waals surface area contributed by atoms with E-state index in [2.05, 4.69) is 30.4 Å². The van der Waals surface area contributed by atoms with Crippen molar-refractivity contribution in [3.05, 3.63) is 89.0 Å². The van der Waals surface area contributed by atoms with Gasteiger partial charge in [0.05, 0.1) is 18.4 Å². The second-order valence-corrected chi connectivity index (χ2v) is 8.59. The summed E-state index contributed by atoms with van der Waals surface area (Å²) in [5.41, 5.74) is 5.73. The van der Waals surface area contributed by atoms with Crippen molar-refractivity contribution >= 4 is 18.1 Å². The largest absolute Gasteiger partial charge is 0.494 e. The molecule has 188 valence electrons. The molecule has 0 aliphatic heterocycles. The number of nitrogens with one attached hydrogen (secondary N) is 1. The van der Waals surface area contributed by atoms with Gasteiger partial charge in [0.2, 0.25) is 0 Å². The van der Waals surface area contributed by atoms with E-state index in [1.54, 1.807) is 48.5 Å². The molecule has 3 aromatic carbocycles. The van der Waals surface area contributed by atoms with E-state index in [4.69, 9.17) is 14.2 Å². The molecule has 0 spiro atoms. The van der Waals surface area contributed by atoms with Gasteiger partial charge in [-0.1, -0.05) is 32.9 Å². The number of hydrogen-bond acceptors (Lipinski definition) is 6. The molecule has 0 aromatic heterocycles. The number of rotatable bonds is 11. The maximum Gasteiger partial charge on any atom is 0.343 e. The van der Waals surface area contributed by atoms with E-state index in [0.717, 1.165) is 23.1 Å². The molecule has 0 saturated carbocycles. The van der Waals surface area contributed by atoms with E-state index in [1.807, 2.05) is 26.0 Å². The van der Waals surface area contributed by atoms with Crippen LogP contribution in [0.1, 0.15) is 60.2 Å². The van der Waals surface area contributed by atoms with E-state index in [9.17, 15) is 9.59 Å². The van der Waals surface area contributed by atoms with Crippen molar-refractivity contribution in [3.8, 4) is 17.2 Å². The van der Waals surface area contributed by atoms with E-state index >= 15 is 0 Å². The number of hydrazone groups is 1. The molecular formula is C29H32N2O5. The molecule has 3 aromatic rings. The summed E-state index contributed by atoms with van der Waals surface area (Å²) in [7, 11) is 0. The highest BCUT2D eigenvalue weighted by molar-refractivity contribution is 5.91. The molecule has 0 aliphatic carbocycles. The molecule has 36 heavy (non-hydrogen) atoms. The van der Waals surface area contributed by atoms with Crippen LogP contribution in [0.25, 0.3) is 0 Å². The Morgan fingerprint density at radius 2 is 1.64 bits per heavy atom. The van der Waals surface area contributed by atoms with Crippen LogP contribution in [0.5, 0.6) is 17.2 Å². The minimum atomic E-state index is -0.458. The summed E-state index contributed by atoms with van der Waals surface area (Å²) in [5.74, 6) is 1.35. The van der Waals surface area contributed by atoms with Crippen LogP contribution in [-0.2, 0) is 4.79 Å². The summed E-state index contributed by atoms with van der Waals surface area (Å²) >= 11 is 0. The zero-order valence-electron chi connectivity index (χ0n) is 21.1. The quantitative estimate of drug-likeness (QED) is 0.163. The first-order chi connectivity index (χ1) is 17.4. The Labute approximate surface area is 212 Å². The molecule has 0 radical (unpaired) electrons. The fourth-order valence-electron chi connectivity index (χ4n) is 3.18. The molecule has 1 amide bonds. The van der Waals surface area contributed by atoms with Crippen LogP contribution < -0.4 is 19.6 Å². The molecule has 7 heteroatoms. The van der Waals surface area contributed by atoms with E-state index in [-0.39, 0.29) is 12.5 Å². The smallest absolute Gasteiger partial charge is 0.343 e. The van der Waals surface area contributed by atoms with Gasteiger partial charge in [0, 0.05) is 0 Å². The highest BCUT2D eigenvalue weighted by Crippen LogP contribution is 2.24. The molecule has 0 heterocycles. The van der Waals surface area contributed by atoms with Crippen molar-refractivity contribution in [2.45, 2.75) is 40.0 Å². The van der Waals surface area contributed by atoms with E-state index in [1.165, 1.54) is 6.21 Å². The third-order valence-electron chi connectivity index (χ3n) is 5.29. The number of esters is 1. The van der Waals surface area contributed by atoms with Gasteiger partial charge in [0.25, 0.3) is 5.91 Å². The third kappa shape index (κ3) is 7.98. The SMILES string of the molecule is CCCOc1ccc(C(=O)Oc2ccc(/C=N/NC(=O)COc3cc(C(C)C)ccc3C)cc2)cc1. The van der Waals surface area contributed by atoms with Crippen LogP contribution in [-0.4, -0.2) is 31.3 Å². The van der Waals surface area contributed by atoms with Crippen molar-refractivity contribution in [3.63, 3.8) is 0 Å². The first kappa shape index (κ1) is 26.5. The maximum atomic E-state index is 12.4. The lowest BCUT2D eigenvalue weighted by Gasteiger charge is -2.12. The molecule has 1 N–H and O–H groups in total. The van der Waals surface area contributed by atoms with Crippen LogP contribution in [0.4, 0.5) is 0 Å². The number of amides is 1. The number of carbonyl (C=O) groups excluding carboxylic acids is 2. The second kappa shape index (κ2) is 13.1. The van der Waals surface area contributed by atoms with Gasteiger partial charge in [0.1, 0.15) is 17.2 Å². The average molecular weight is 489 g/mol. The average Bonchev–Trinajstić information content (AvgIpc) is 2.88. The molecule has 3 rings (SSSR count). The summed E-state index contributed by atoms with van der Waals surface area (Å²) < 4.78 is 16.6. The van der Waals surface area contributed by atoms with Crippen LogP contribution in [0.2, 0.25) is 0 Å². The second-order valence-electron chi connectivity index (χ2n) is 8.59. The van der Waals surface area contributed by atoms with Crippen LogP contribution in [0.3, 0.4) is 0 Å². The summed E-state index contributed by atoms with van der Waals surface area (Å²) in [6.45, 7) is 8.67. The molecule has 0 unspecified atom stereocenters. The number of ether oxygens (including phenoxy) is 3. The van der Waals surface area contributed by atoms with Crippen molar-refractivity contribution < 1.29 is 23.8 Å². The molecule has 0 bridgehead atoms. The van der Waals surface area contributed by atoms with Gasteiger partial charge in [-0.2, -0.15) is 5.10 Å². The fraction of sp³-hybridized carbons (Fsp3) is 0.276. The molecule has 7 nitrogen and oxygen atoms in total. The van der Waals surface area contributed by atoms with Crippen molar-refractivity contribution in [1.29, 1.82) is 0 Å². The highest BCUT2D eigenvalue weighted by atomic mass is 16.5.